The predicted molar refractivity (Wildman–Crippen MR) is 92.6 cm³/mol. The Morgan fingerprint density at radius 2 is 1.56 bits per heavy atom. The van der Waals surface area contributed by atoms with E-state index in [2.05, 4.69) is 37.9 Å². The molecule has 0 bridgehead atoms. The molecule has 1 aromatic heterocycles. The fraction of sp³-hybridized carbons (Fsp3) is 0.211. The molecule has 25 heavy (non-hydrogen) atoms. The van der Waals surface area contributed by atoms with Gasteiger partial charge < -0.3 is 0 Å². The van der Waals surface area contributed by atoms with Crippen molar-refractivity contribution in [3.05, 3.63) is 64.8 Å². The molecule has 0 amide bonds. The molecule has 2 nitrogen and oxygen atoms in total. The van der Waals surface area contributed by atoms with Crippen LogP contribution in [0, 0.1) is 20.8 Å². The molecule has 0 aliphatic heterocycles. The molecular formula is C19H16F3NOSe. The van der Waals surface area contributed by atoms with E-state index >= 15 is 0 Å². The molecule has 0 saturated carbocycles. The molecule has 6 heteroatoms. The van der Waals surface area contributed by atoms with E-state index in [0.717, 1.165) is 12.1 Å². The first-order valence-corrected chi connectivity index (χ1v) is 9.34. The summed E-state index contributed by atoms with van der Waals surface area (Å²) in [5, 5.41) is 0. The van der Waals surface area contributed by atoms with Crippen molar-refractivity contribution >= 4 is 24.2 Å². The van der Waals surface area contributed by atoms with Gasteiger partial charge in [0.2, 0.25) is 0 Å². The van der Waals surface area contributed by atoms with Crippen molar-refractivity contribution in [1.29, 1.82) is 0 Å². The fourth-order valence-corrected chi connectivity index (χ4v) is 4.46. The first-order chi connectivity index (χ1) is 11.7. The number of aryl methyl sites for hydroxylation is 3. The zero-order valence-electron chi connectivity index (χ0n) is 13.9. The van der Waals surface area contributed by atoms with Gasteiger partial charge in [0.1, 0.15) is 0 Å². The molecule has 0 atom stereocenters. The summed E-state index contributed by atoms with van der Waals surface area (Å²) in [5.74, 6) is 0.480. The molecule has 3 rings (SSSR count). The first kappa shape index (κ1) is 17.8. The zero-order chi connectivity index (χ0) is 18.2. The Bertz CT molecular complexity index is 875. The van der Waals surface area contributed by atoms with Gasteiger partial charge in [-0.05, 0) is 0 Å². The fourth-order valence-electron chi connectivity index (χ4n) is 2.68. The van der Waals surface area contributed by atoms with Crippen molar-refractivity contribution in [2.24, 2.45) is 0 Å². The molecule has 0 saturated heterocycles. The zero-order valence-corrected chi connectivity index (χ0v) is 15.7. The minimum atomic E-state index is -4.34. The van der Waals surface area contributed by atoms with E-state index in [1.165, 1.54) is 33.3 Å². The van der Waals surface area contributed by atoms with Crippen LogP contribution in [0.2, 0.25) is 0 Å². The van der Waals surface area contributed by atoms with Gasteiger partial charge in [-0.15, -0.1) is 0 Å². The molecule has 2 aromatic carbocycles. The van der Waals surface area contributed by atoms with E-state index in [0.29, 0.717) is 16.1 Å². The van der Waals surface area contributed by atoms with Crippen molar-refractivity contribution in [3.63, 3.8) is 0 Å². The van der Waals surface area contributed by atoms with Crippen molar-refractivity contribution in [1.82, 2.24) is 4.98 Å². The normalized spacial score (nSPS) is 11.8. The van der Waals surface area contributed by atoms with E-state index in [4.69, 9.17) is 4.42 Å². The Morgan fingerprint density at radius 1 is 0.960 bits per heavy atom. The summed E-state index contributed by atoms with van der Waals surface area (Å²) in [7, 11) is 0. The van der Waals surface area contributed by atoms with Crippen LogP contribution in [-0.2, 0) is 6.18 Å². The molecule has 0 fully saturated rings. The maximum absolute atomic E-state index is 12.6. The number of hydrogen-bond acceptors (Lipinski definition) is 2. The molecule has 3 aromatic rings. The number of halogens is 3. The number of nitrogens with zero attached hydrogens (tertiary/aromatic N) is 1. The van der Waals surface area contributed by atoms with Gasteiger partial charge in [-0.25, -0.2) is 0 Å². The standard InChI is InChI=1S/C19H16F3NOSe/c1-11-8-12(2)17(13(3)9-11)25-18-23-10-16(24-18)14-4-6-15(7-5-14)19(20,21)22/h4-10H,1-3H3. The van der Waals surface area contributed by atoms with Crippen LogP contribution in [0.15, 0.2) is 47.0 Å². The van der Waals surface area contributed by atoms with Crippen LogP contribution < -0.4 is 9.25 Å². The summed E-state index contributed by atoms with van der Waals surface area (Å²) >= 11 is -0.0912. The number of hydrogen-bond donors (Lipinski definition) is 0. The summed E-state index contributed by atoms with van der Waals surface area (Å²) in [5.41, 5.74) is 3.52. The average molecular weight is 410 g/mol. The van der Waals surface area contributed by atoms with Gasteiger partial charge in [-0.2, -0.15) is 0 Å². The van der Waals surface area contributed by atoms with Gasteiger partial charge in [0.05, 0.1) is 0 Å². The Labute approximate surface area is 150 Å². The van der Waals surface area contributed by atoms with Crippen molar-refractivity contribution in [2.45, 2.75) is 26.9 Å². The average Bonchev–Trinajstić information content (AvgIpc) is 2.99. The van der Waals surface area contributed by atoms with Crippen LogP contribution in [0.4, 0.5) is 13.2 Å². The van der Waals surface area contributed by atoms with Crippen LogP contribution >= 0.6 is 0 Å². The Hall–Kier alpha value is -2.04. The number of alkyl halides is 3. The summed E-state index contributed by atoms with van der Waals surface area (Å²) in [6.45, 7) is 6.19. The summed E-state index contributed by atoms with van der Waals surface area (Å²) in [6, 6.07) is 9.17. The van der Waals surface area contributed by atoms with Crippen LogP contribution in [0.1, 0.15) is 22.3 Å². The van der Waals surface area contributed by atoms with Gasteiger partial charge in [-0.3, -0.25) is 0 Å². The minimum absolute atomic E-state index is 0.0912. The SMILES string of the molecule is Cc1cc(C)c([Se]c2ncc(-c3ccc(C(F)(F)F)cc3)o2)c(C)c1. The van der Waals surface area contributed by atoms with Crippen molar-refractivity contribution in [3.8, 4) is 11.3 Å². The quantitative estimate of drug-likeness (QED) is 0.612. The van der Waals surface area contributed by atoms with Gasteiger partial charge >= 0.3 is 150 Å². The van der Waals surface area contributed by atoms with Crippen molar-refractivity contribution in [2.75, 3.05) is 0 Å². The van der Waals surface area contributed by atoms with Crippen LogP contribution in [-0.4, -0.2) is 19.9 Å². The third-order valence-corrected chi connectivity index (χ3v) is 6.32. The van der Waals surface area contributed by atoms with Gasteiger partial charge in [0.25, 0.3) is 0 Å². The number of aromatic nitrogens is 1. The monoisotopic (exact) mass is 411 g/mol. The number of benzene rings is 2. The topological polar surface area (TPSA) is 26.0 Å². The predicted octanol–water partition coefficient (Wildman–Crippen LogP) is 3.94. The first-order valence-electron chi connectivity index (χ1n) is 7.63. The second kappa shape index (κ2) is 6.69. The third kappa shape index (κ3) is 3.97. The Kier molecular flexibility index (Phi) is 4.76. The van der Waals surface area contributed by atoms with E-state index in [9.17, 15) is 13.2 Å². The van der Waals surface area contributed by atoms with Crippen LogP contribution in [0.3, 0.4) is 0 Å². The maximum atomic E-state index is 12.6. The molecule has 0 unspecified atom stereocenters. The molecule has 0 radical (unpaired) electrons. The van der Waals surface area contributed by atoms with E-state index in [1.807, 2.05) is 0 Å². The van der Waals surface area contributed by atoms with Crippen molar-refractivity contribution < 1.29 is 17.6 Å². The molecule has 0 aliphatic rings. The molecule has 1 heterocycles. The van der Waals surface area contributed by atoms with Gasteiger partial charge in [-0.1, -0.05) is 0 Å². The van der Waals surface area contributed by atoms with E-state index < -0.39 is 11.7 Å². The molecule has 130 valence electrons. The Balaban J connectivity index is 1.84. The molecule has 0 aliphatic carbocycles. The van der Waals surface area contributed by atoms with E-state index in [1.54, 1.807) is 6.20 Å². The summed E-state index contributed by atoms with van der Waals surface area (Å²) < 4.78 is 44.9. The number of oxazole rings is 1. The second-order valence-electron chi connectivity index (χ2n) is 5.90. The summed E-state index contributed by atoms with van der Waals surface area (Å²) in [6.07, 6.45) is -2.77. The van der Waals surface area contributed by atoms with Crippen LogP contribution in [0.5, 0.6) is 0 Å². The molecular weight excluding hydrogens is 394 g/mol. The third-order valence-electron chi connectivity index (χ3n) is 3.78. The Morgan fingerprint density at radius 3 is 2.12 bits per heavy atom. The van der Waals surface area contributed by atoms with Gasteiger partial charge in [0.15, 0.2) is 0 Å². The van der Waals surface area contributed by atoms with Crippen LogP contribution in [0.25, 0.3) is 11.3 Å². The molecule has 0 N–H and O–H groups in total. The number of rotatable bonds is 3. The second-order valence-corrected chi connectivity index (χ2v) is 7.91. The van der Waals surface area contributed by atoms with Gasteiger partial charge in [0, 0.05) is 0 Å². The van der Waals surface area contributed by atoms with E-state index in [-0.39, 0.29) is 15.0 Å². The molecule has 0 spiro atoms. The summed E-state index contributed by atoms with van der Waals surface area (Å²) in [4.78, 5) is 4.91.